The van der Waals surface area contributed by atoms with Crippen LogP contribution in [0.5, 0.6) is 0 Å². The van der Waals surface area contributed by atoms with Gasteiger partial charge in [0.2, 0.25) is 10.0 Å². The molecule has 2 aromatic rings. The molecule has 0 bridgehead atoms. The van der Waals surface area contributed by atoms with Crippen LogP contribution in [0.2, 0.25) is 0 Å². The van der Waals surface area contributed by atoms with Crippen LogP contribution in [0.4, 0.5) is 0 Å². The quantitative estimate of drug-likeness (QED) is 0.550. The largest absolute Gasteiger partial charge is 0.468 e. The van der Waals surface area contributed by atoms with E-state index in [0.29, 0.717) is 13.0 Å². The summed E-state index contributed by atoms with van der Waals surface area (Å²) in [5.74, 6) is -0.113. The Hall–Kier alpha value is -2.44. The molecule has 0 unspecified atom stereocenters. The number of fused-ring (bicyclic) bond motifs is 1. The van der Waals surface area contributed by atoms with Crippen LogP contribution in [0.1, 0.15) is 29.9 Å². The topological polar surface area (TPSA) is 63.7 Å². The summed E-state index contributed by atoms with van der Waals surface area (Å²) >= 11 is 0. The Bertz CT molecular complexity index is 1050. The molecule has 5 nitrogen and oxygen atoms in total. The average molecular weight is 426 g/mol. The Kier molecular flexibility index (Phi) is 5.55. The molecule has 1 heterocycles. The monoisotopic (exact) mass is 425 g/mol. The highest BCUT2D eigenvalue weighted by molar-refractivity contribution is 7.89. The van der Waals surface area contributed by atoms with Gasteiger partial charge in [-0.05, 0) is 43.4 Å². The van der Waals surface area contributed by atoms with E-state index >= 15 is 0 Å². The third-order valence-electron chi connectivity index (χ3n) is 6.51. The number of aryl methyl sites for hydroxylation is 1. The molecule has 4 rings (SSSR count). The number of esters is 1. The zero-order valence-electron chi connectivity index (χ0n) is 17.3. The minimum absolute atomic E-state index is 0.0321. The summed E-state index contributed by atoms with van der Waals surface area (Å²) < 4.78 is 33.1. The smallest absolute Gasteiger partial charge is 0.317 e. The zero-order valence-corrected chi connectivity index (χ0v) is 18.1. The van der Waals surface area contributed by atoms with Gasteiger partial charge in [0.25, 0.3) is 0 Å². The standard InChI is InChI=1S/C24H27NO4S/c1-18-8-10-22(11-9-18)30(27,28)25-15-13-21-16-20(19-6-4-3-5-7-19)12-14-24(21,17-25)23(26)29-2/h3-12,14,20-21H,13,15-17H2,1-2H3/t20-,21+,24-/m0/s1. The van der Waals surface area contributed by atoms with Crippen molar-refractivity contribution in [3.05, 3.63) is 77.9 Å². The van der Waals surface area contributed by atoms with E-state index in [4.69, 9.17) is 4.74 Å². The van der Waals surface area contributed by atoms with Crippen molar-refractivity contribution in [1.82, 2.24) is 4.31 Å². The summed E-state index contributed by atoms with van der Waals surface area (Å²) in [5, 5.41) is 0. The number of nitrogens with zero attached hydrogens (tertiary/aromatic N) is 1. The Morgan fingerprint density at radius 1 is 1.10 bits per heavy atom. The number of methoxy groups -OCH3 is 1. The Balaban J connectivity index is 1.67. The number of carbonyl (C=O) groups is 1. The van der Waals surface area contributed by atoms with Gasteiger partial charge in [-0.3, -0.25) is 4.79 Å². The second kappa shape index (κ2) is 8.00. The number of sulfonamides is 1. The molecule has 1 aliphatic carbocycles. The van der Waals surface area contributed by atoms with Crippen LogP contribution < -0.4 is 0 Å². The van der Waals surface area contributed by atoms with Crippen molar-refractivity contribution in [2.24, 2.45) is 11.3 Å². The number of carbonyl (C=O) groups excluding carboxylic acids is 1. The van der Waals surface area contributed by atoms with Crippen molar-refractivity contribution in [2.75, 3.05) is 20.2 Å². The first-order valence-electron chi connectivity index (χ1n) is 10.3. The maximum absolute atomic E-state index is 13.3. The molecule has 0 amide bonds. The SMILES string of the molecule is COC(=O)[C@]12C=C[C@H](c3ccccc3)C[C@H]1CCN(S(=O)(=O)c1ccc(C)cc1)C2. The van der Waals surface area contributed by atoms with Crippen molar-refractivity contribution < 1.29 is 17.9 Å². The molecular weight excluding hydrogens is 398 g/mol. The average Bonchev–Trinajstić information content (AvgIpc) is 2.78. The lowest BCUT2D eigenvalue weighted by atomic mass is 9.63. The van der Waals surface area contributed by atoms with E-state index in [1.807, 2.05) is 37.3 Å². The lowest BCUT2D eigenvalue weighted by Crippen LogP contribution is -2.55. The van der Waals surface area contributed by atoms with Gasteiger partial charge in [0.15, 0.2) is 0 Å². The van der Waals surface area contributed by atoms with E-state index in [1.54, 1.807) is 24.3 Å². The fraction of sp³-hybridized carbons (Fsp3) is 0.375. The van der Waals surface area contributed by atoms with Gasteiger partial charge in [-0.15, -0.1) is 0 Å². The number of hydrogen-bond donors (Lipinski definition) is 0. The highest BCUT2D eigenvalue weighted by Crippen LogP contribution is 2.48. The van der Waals surface area contributed by atoms with Gasteiger partial charge < -0.3 is 4.74 Å². The number of benzene rings is 2. The lowest BCUT2D eigenvalue weighted by Gasteiger charge is -2.47. The first-order valence-corrected chi connectivity index (χ1v) is 11.7. The van der Waals surface area contributed by atoms with Gasteiger partial charge in [-0.2, -0.15) is 4.31 Å². The summed E-state index contributed by atoms with van der Waals surface area (Å²) in [6.07, 6.45) is 5.37. The van der Waals surface area contributed by atoms with Gasteiger partial charge in [0.05, 0.1) is 12.0 Å². The third kappa shape index (κ3) is 3.59. The Labute approximate surface area is 178 Å². The fourth-order valence-electron chi connectivity index (χ4n) is 4.75. The number of ether oxygens (including phenoxy) is 1. The summed E-state index contributed by atoms with van der Waals surface area (Å²) in [5.41, 5.74) is 1.26. The second-order valence-corrected chi connectivity index (χ2v) is 10.2. The lowest BCUT2D eigenvalue weighted by molar-refractivity contribution is -0.155. The van der Waals surface area contributed by atoms with E-state index in [1.165, 1.54) is 17.0 Å². The first kappa shape index (κ1) is 20.8. The van der Waals surface area contributed by atoms with Crippen LogP contribution in [0.25, 0.3) is 0 Å². The molecule has 0 saturated carbocycles. The van der Waals surface area contributed by atoms with E-state index in [2.05, 4.69) is 12.1 Å². The molecule has 6 heteroatoms. The summed E-state index contributed by atoms with van der Waals surface area (Å²) in [7, 11) is -2.31. The zero-order chi connectivity index (χ0) is 21.4. The molecule has 1 aliphatic heterocycles. The second-order valence-electron chi connectivity index (χ2n) is 8.28. The van der Waals surface area contributed by atoms with Gasteiger partial charge in [0, 0.05) is 19.0 Å². The number of hydrogen-bond acceptors (Lipinski definition) is 4. The van der Waals surface area contributed by atoms with Crippen molar-refractivity contribution in [2.45, 2.75) is 30.6 Å². The molecule has 0 radical (unpaired) electrons. The van der Waals surface area contributed by atoms with Gasteiger partial charge in [-0.1, -0.05) is 60.2 Å². The number of piperidine rings is 1. The van der Waals surface area contributed by atoms with E-state index in [9.17, 15) is 13.2 Å². The summed E-state index contributed by atoms with van der Waals surface area (Å²) in [6.45, 7) is 2.43. The molecule has 30 heavy (non-hydrogen) atoms. The molecular formula is C24H27NO4S. The summed E-state index contributed by atoms with van der Waals surface area (Å²) in [6, 6.07) is 17.1. The molecule has 0 N–H and O–H groups in total. The molecule has 3 atom stereocenters. The molecule has 0 aromatic heterocycles. The summed E-state index contributed by atoms with van der Waals surface area (Å²) in [4.78, 5) is 13.2. The van der Waals surface area contributed by atoms with E-state index < -0.39 is 15.4 Å². The molecule has 2 aromatic carbocycles. The molecule has 1 fully saturated rings. The maximum atomic E-state index is 13.3. The van der Waals surface area contributed by atoms with E-state index in [0.717, 1.165) is 12.0 Å². The van der Waals surface area contributed by atoms with Gasteiger partial charge in [-0.25, -0.2) is 8.42 Å². The van der Waals surface area contributed by atoms with Crippen LogP contribution >= 0.6 is 0 Å². The van der Waals surface area contributed by atoms with Gasteiger partial charge in [0.1, 0.15) is 5.41 Å². The molecule has 0 spiro atoms. The van der Waals surface area contributed by atoms with Crippen LogP contribution in [-0.2, 0) is 19.6 Å². The van der Waals surface area contributed by atoms with Crippen molar-refractivity contribution in [1.29, 1.82) is 0 Å². The third-order valence-corrected chi connectivity index (χ3v) is 8.37. The highest BCUT2D eigenvalue weighted by Gasteiger charge is 2.52. The molecule has 158 valence electrons. The first-order chi connectivity index (χ1) is 14.4. The van der Waals surface area contributed by atoms with Crippen molar-refractivity contribution in [3.63, 3.8) is 0 Å². The van der Waals surface area contributed by atoms with E-state index in [-0.39, 0.29) is 29.2 Å². The minimum atomic E-state index is -3.68. The number of allylic oxidation sites excluding steroid dienone is 1. The predicted octanol–water partition coefficient (Wildman–Crippen LogP) is 3.91. The van der Waals surface area contributed by atoms with Crippen molar-refractivity contribution in [3.8, 4) is 0 Å². The van der Waals surface area contributed by atoms with Crippen LogP contribution in [0.15, 0.2) is 71.6 Å². The van der Waals surface area contributed by atoms with Crippen LogP contribution in [0, 0.1) is 18.3 Å². The molecule has 1 saturated heterocycles. The van der Waals surface area contributed by atoms with Crippen LogP contribution in [-0.4, -0.2) is 38.9 Å². The fourth-order valence-corrected chi connectivity index (χ4v) is 6.26. The Morgan fingerprint density at radius 2 is 1.80 bits per heavy atom. The maximum Gasteiger partial charge on any atom is 0.317 e. The predicted molar refractivity (Wildman–Crippen MR) is 115 cm³/mol. The Morgan fingerprint density at radius 3 is 2.47 bits per heavy atom. The van der Waals surface area contributed by atoms with Crippen LogP contribution in [0.3, 0.4) is 0 Å². The molecule has 2 aliphatic rings. The van der Waals surface area contributed by atoms with Gasteiger partial charge >= 0.3 is 5.97 Å². The van der Waals surface area contributed by atoms with Crippen molar-refractivity contribution >= 4 is 16.0 Å². The number of rotatable bonds is 4. The highest BCUT2D eigenvalue weighted by atomic mass is 32.2. The normalized spacial score (nSPS) is 26.7. The minimum Gasteiger partial charge on any atom is -0.468 e.